The third-order valence-corrected chi connectivity index (χ3v) is 4.18. The van der Waals surface area contributed by atoms with Crippen molar-refractivity contribution in [1.29, 1.82) is 0 Å². The topological polar surface area (TPSA) is 66.5 Å². The summed E-state index contributed by atoms with van der Waals surface area (Å²) >= 11 is 0. The summed E-state index contributed by atoms with van der Waals surface area (Å²) < 4.78 is 13.1. The second-order valence-corrected chi connectivity index (χ2v) is 6.76. The van der Waals surface area contributed by atoms with Crippen LogP contribution in [-0.2, 0) is 15.1 Å². The lowest BCUT2D eigenvalue weighted by Gasteiger charge is -2.26. The number of halogens is 1. The second kappa shape index (κ2) is 5.76. The van der Waals surface area contributed by atoms with Gasteiger partial charge in [0.2, 0.25) is 0 Å². The molecule has 1 heterocycles. The number of nitrogens with one attached hydrogen (secondary N) is 1. The van der Waals surface area contributed by atoms with E-state index in [1.54, 1.807) is 27.7 Å². The first-order valence-corrected chi connectivity index (χ1v) is 7.55. The molecular formula is C17H21FN2O3. The molecule has 1 atom stereocenters. The smallest absolute Gasteiger partial charge is 0.319 e. The number of hydrogen-bond acceptors (Lipinski definition) is 3. The molecule has 23 heavy (non-hydrogen) atoms. The molecule has 1 aromatic rings. The first-order valence-electron chi connectivity index (χ1n) is 7.55. The zero-order chi connectivity index (χ0) is 17.4. The van der Waals surface area contributed by atoms with Crippen molar-refractivity contribution < 1.29 is 18.8 Å². The molecule has 1 N–H and O–H groups in total. The first-order chi connectivity index (χ1) is 10.6. The van der Waals surface area contributed by atoms with Gasteiger partial charge in [-0.05, 0) is 24.1 Å². The number of amides is 3. The summed E-state index contributed by atoms with van der Waals surface area (Å²) in [6, 6.07) is 4.85. The summed E-state index contributed by atoms with van der Waals surface area (Å²) in [5, 5.41) is 2.67. The first kappa shape index (κ1) is 17.1. The molecule has 124 valence electrons. The lowest BCUT2D eigenvalue weighted by atomic mass is 9.86. The van der Waals surface area contributed by atoms with Gasteiger partial charge in [0.1, 0.15) is 11.4 Å². The monoisotopic (exact) mass is 320 g/mol. The molecule has 0 aliphatic carbocycles. The average molecular weight is 320 g/mol. The van der Waals surface area contributed by atoms with E-state index in [-0.39, 0.29) is 12.3 Å². The van der Waals surface area contributed by atoms with Gasteiger partial charge in [-0.3, -0.25) is 14.5 Å². The predicted octanol–water partition coefficient (Wildman–Crippen LogP) is 2.60. The maximum absolute atomic E-state index is 13.1. The van der Waals surface area contributed by atoms with E-state index in [0.717, 1.165) is 4.90 Å². The largest absolute Gasteiger partial charge is 0.325 e. The minimum absolute atomic E-state index is 0.202. The standard InChI is InChI=1S/C17H21FN2O3/c1-5-17(11-6-8-12(18)9-7-11)14(22)20(15(23)19-17)10-13(21)16(2,3)4/h6-9H,5,10H2,1-4H3,(H,19,23). The molecule has 1 fully saturated rings. The molecule has 0 spiro atoms. The van der Waals surface area contributed by atoms with Gasteiger partial charge in [0, 0.05) is 5.41 Å². The van der Waals surface area contributed by atoms with Gasteiger partial charge in [0.15, 0.2) is 5.78 Å². The van der Waals surface area contributed by atoms with Crippen molar-refractivity contribution in [3.05, 3.63) is 35.6 Å². The average Bonchev–Trinajstić information content (AvgIpc) is 2.72. The Hall–Kier alpha value is -2.24. The van der Waals surface area contributed by atoms with Gasteiger partial charge in [0.05, 0.1) is 6.54 Å². The van der Waals surface area contributed by atoms with Gasteiger partial charge in [-0.1, -0.05) is 39.8 Å². The van der Waals surface area contributed by atoms with Crippen LogP contribution < -0.4 is 5.32 Å². The van der Waals surface area contributed by atoms with Gasteiger partial charge in [-0.15, -0.1) is 0 Å². The van der Waals surface area contributed by atoms with Gasteiger partial charge >= 0.3 is 6.03 Å². The maximum Gasteiger partial charge on any atom is 0.325 e. The van der Waals surface area contributed by atoms with Crippen molar-refractivity contribution in [2.75, 3.05) is 6.54 Å². The third-order valence-electron chi connectivity index (χ3n) is 4.18. The Kier molecular flexibility index (Phi) is 4.28. The van der Waals surface area contributed by atoms with E-state index in [0.29, 0.717) is 12.0 Å². The molecule has 3 amide bonds. The molecule has 0 bridgehead atoms. The van der Waals surface area contributed by atoms with Crippen molar-refractivity contribution >= 4 is 17.7 Å². The molecule has 1 aliphatic heterocycles. The number of urea groups is 1. The fourth-order valence-corrected chi connectivity index (χ4v) is 2.52. The molecule has 0 aromatic heterocycles. The Labute approximate surface area is 134 Å². The zero-order valence-corrected chi connectivity index (χ0v) is 13.8. The summed E-state index contributed by atoms with van der Waals surface area (Å²) in [6.07, 6.45) is 0.309. The molecule has 0 radical (unpaired) electrons. The Bertz CT molecular complexity index is 649. The molecule has 5 nitrogen and oxygen atoms in total. The fourth-order valence-electron chi connectivity index (χ4n) is 2.52. The van der Waals surface area contributed by atoms with E-state index in [1.807, 2.05) is 0 Å². The highest BCUT2D eigenvalue weighted by atomic mass is 19.1. The number of benzene rings is 1. The number of carbonyl (C=O) groups is 3. The van der Waals surface area contributed by atoms with Crippen LogP contribution in [-0.4, -0.2) is 29.2 Å². The van der Waals surface area contributed by atoms with Crippen LogP contribution >= 0.6 is 0 Å². The van der Waals surface area contributed by atoms with Crippen LogP contribution in [0.2, 0.25) is 0 Å². The highest BCUT2D eigenvalue weighted by Gasteiger charge is 2.52. The summed E-state index contributed by atoms with van der Waals surface area (Å²) in [5.74, 6) is -1.10. The van der Waals surface area contributed by atoms with Gasteiger partial charge < -0.3 is 5.32 Å². The third kappa shape index (κ3) is 2.98. The van der Waals surface area contributed by atoms with Gasteiger partial charge in [-0.2, -0.15) is 0 Å². The van der Waals surface area contributed by atoms with Gasteiger partial charge in [0.25, 0.3) is 5.91 Å². The summed E-state index contributed by atoms with van der Waals surface area (Å²) in [6.45, 7) is 6.70. The predicted molar refractivity (Wildman–Crippen MR) is 83.1 cm³/mol. The van der Waals surface area contributed by atoms with Crippen molar-refractivity contribution in [2.24, 2.45) is 5.41 Å². The van der Waals surface area contributed by atoms with Crippen molar-refractivity contribution in [3.8, 4) is 0 Å². The van der Waals surface area contributed by atoms with Crippen LogP contribution in [0.1, 0.15) is 39.7 Å². The number of nitrogens with zero attached hydrogens (tertiary/aromatic N) is 1. The van der Waals surface area contributed by atoms with Crippen LogP contribution in [0.4, 0.5) is 9.18 Å². The molecular weight excluding hydrogens is 299 g/mol. The SMILES string of the molecule is CCC1(c2ccc(F)cc2)NC(=O)N(CC(=O)C(C)(C)C)C1=O. The number of hydrogen-bond donors (Lipinski definition) is 1. The lowest BCUT2D eigenvalue weighted by Crippen LogP contribution is -2.44. The second-order valence-electron chi connectivity index (χ2n) is 6.76. The van der Waals surface area contributed by atoms with E-state index in [1.165, 1.54) is 24.3 Å². The highest BCUT2D eigenvalue weighted by molar-refractivity contribution is 6.09. The normalized spacial score (nSPS) is 21.5. The van der Waals surface area contributed by atoms with E-state index in [2.05, 4.69) is 5.32 Å². The van der Waals surface area contributed by atoms with E-state index in [9.17, 15) is 18.8 Å². The molecule has 1 aliphatic rings. The quantitative estimate of drug-likeness (QED) is 0.867. The van der Waals surface area contributed by atoms with E-state index < -0.39 is 28.7 Å². The lowest BCUT2D eigenvalue weighted by molar-refractivity contribution is -0.137. The van der Waals surface area contributed by atoms with Crippen LogP contribution in [0.15, 0.2) is 24.3 Å². The van der Waals surface area contributed by atoms with E-state index in [4.69, 9.17) is 0 Å². The fraction of sp³-hybridized carbons (Fsp3) is 0.471. The van der Waals surface area contributed by atoms with Gasteiger partial charge in [-0.25, -0.2) is 9.18 Å². The minimum Gasteiger partial charge on any atom is -0.319 e. The van der Waals surface area contributed by atoms with Crippen LogP contribution in [0, 0.1) is 11.2 Å². The summed E-state index contributed by atoms with van der Waals surface area (Å²) in [5.41, 5.74) is -1.39. The Morgan fingerprint density at radius 2 is 1.78 bits per heavy atom. The molecule has 0 saturated carbocycles. The Morgan fingerprint density at radius 3 is 2.26 bits per heavy atom. The number of imide groups is 1. The summed E-state index contributed by atoms with van der Waals surface area (Å²) in [7, 11) is 0. The maximum atomic E-state index is 13.1. The van der Waals surface area contributed by atoms with Crippen molar-refractivity contribution in [2.45, 2.75) is 39.7 Å². The van der Waals surface area contributed by atoms with Crippen LogP contribution in [0.5, 0.6) is 0 Å². The Morgan fingerprint density at radius 1 is 1.22 bits per heavy atom. The molecule has 6 heteroatoms. The zero-order valence-electron chi connectivity index (χ0n) is 13.8. The highest BCUT2D eigenvalue weighted by Crippen LogP contribution is 2.33. The number of Topliss-reactive ketones (excluding diaryl/α,β-unsaturated/α-hetero) is 1. The number of carbonyl (C=O) groups excluding carboxylic acids is 3. The summed E-state index contributed by atoms with van der Waals surface area (Å²) in [4.78, 5) is 38.2. The molecule has 2 rings (SSSR count). The number of rotatable bonds is 4. The molecule has 1 aromatic carbocycles. The van der Waals surface area contributed by atoms with Crippen LogP contribution in [0.3, 0.4) is 0 Å². The molecule has 1 unspecified atom stereocenters. The van der Waals surface area contributed by atoms with Crippen LogP contribution in [0.25, 0.3) is 0 Å². The molecule has 1 saturated heterocycles. The van der Waals surface area contributed by atoms with Crippen molar-refractivity contribution in [1.82, 2.24) is 10.2 Å². The number of ketones is 1. The van der Waals surface area contributed by atoms with Crippen molar-refractivity contribution in [3.63, 3.8) is 0 Å². The minimum atomic E-state index is -1.25. The Balaban J connectivity index is 2.35. The van der Waals surface area contributed by atoms with E-state index >= 15 is 0 Å².